The standard InChI is InChI=1S/C12H19N/c1-11-4-6-12(7-5-11)10-13-8-2-3-9-13/h4,10H,2-3,5-9H2,1H3/b12-10+. The van der Waals surface area contributed by atoms with E-state index in [4.69, 9.17) is 0 Å². The predicted octanol–water partition coefficient (Wildman–Crippen LogP) is 3.10. The van der Waals surface area contributed by atoms with Crippen LogP contribution in [0, 0.1) is 0 Å². The molecule has 1 saturated heterocycles. The maximum absolute atomic E-state index is 2.49. The molecule has 1 aliphatic carbocycles. The first-order valence-electron chi connectivity index (χ1n) is 5.44. The van der Waals surface area contributed by atoms with Crippen molar-refractivity contribution >= 4 is 0 Å². The van der Waals surface area contributed by atoms with Crippen LogP contribution in [0.1, 0.15) is 39.0 Å². The molecule has 0 radical (unpaired) electrons. The molecule has 2 aliphatic rings. The molecule has 1 heteroatoms. The van der Waals surface area contributed by atoms with Crippen molar-refractivity contribution in [3.05, 3.63) is 23.4 Å². The average molecular weight is 177 g/mol. The third-order valence-electron chi connectivity index (χ3n) is 3.06. The summed E-state index contributed by atoms with van der Waals surface area (Å²) < 4.78 is 0. The normalized spacial score (nSPS) is 26.7. The van der Waals surface area contributed by atoms with Crippen LogP contribution in [-0.4, -0.2) is 18.0 Å². The highest BCUT2D eigenvalue weighted by Crippen LogP contribution is 2.23. The molecule has 0 aromatic carbocycles. The van der Waals surface area contributed by atoms with Gasteiger partial charge in [0.2, 0.25) is 0 Å². The second-order valence-corrected chi connectivity index (χ2v) is 4.29. The summed E-state index contributed by atoms with van der Waals surface area (Å²) in [6.07, 6.45) is 11.3. The first kappa shape index (κ1) is 8.86. The Balaban J connectivity index is 1.93. The van der Waals surface area contributed by atoms with E-state index in [1.807, 2.05) is 0 Å². The summed E-state index contributed by atoms with van der Waals surface area (Å²) in [7, 11) is 0. The van der Waals surface area contributed by atoms with Crippen LogP contribution in [0.5, 0.6) is 0 Å². The van der Waals surface area contributed by atoms with Crippen LogP contribution in [0.25, 0.3) is 0 Å². The Labute approximate surface area is 81.1 Å². The second kappa shape index (κ2) is 3.99. The molecular formula is C12H19N. The topological polar surface area (TPSA) is 3.24 Å². The van der Waals surface area contributed by atoms with Gasteiger partial charge in [-0.2, -0.15) is 0 Å². The van der Waals surface area contributed by atoms with Gasteiger partial charge in [-0.25, -0.2) is 0 Å². The lowest BCUT2D eigenvalue weighted by Gasteiger charge is -2.17. The zero-order valence-corrected chi connectivity index (χ0v) is 8.55. The maximum atomic E-state index is 2.49. The lowest BCUT2D eigenvalue weighted by Crippen LogP contribution is -2.12. The number of rotatable bonds is 1. The van der Waals surface area contributed by atoms with Gasteiger partial charge in [0.1, 0.15) is 0 Å². The van der Waals surface area contributed by atoms with E-state index in [-0.39, 0.29) is 0 Å². The van der Waals surface area contributed by atoms with Gasteiger partial charge in [-0.3, -0.25) is 0 Å². The Bertz CT molecular complexity index is 232. The molecule has 0 N–H and O–H groups in total. The fourth-order valence-corrected chi connectivity index (χ4v) is 2.11. The van der Waals surface area contributed by atoms with E-state index in [2.05, 4.69) is 24.1 Å². The van der Waals surface area contributed by atoms with Gasteiger partial charge in [-0.05, 0) is 45.2 Å². The molecule has 0 unspecified atom stereocenters. The molecule has 1 nitrogen and oxygen atoms in total. The van der Waals surface area contributed by atoms with Crippen LogP contribution < -0.4 is 0 Å². The number of likely N-dealkylation sites (tertiary alicyclic amines) is 1. The molecule has 0 aromatic rings. The molecule has 72 valence electrons. The zero-order chi connectivity index (χ0) is 9.10. The SMILES string of the molecule is CC1=CC/C(=C\N2CCCC2)CC1. The molecule has 1 aliphatic heterocycles. The molecule has 0 bridgehead atoms. The monoisotopic (exact) mass is 177 g/mol. The number of nitrogens with zero attached hydrogens (tertiary/aromatic N) is 1. The van der Waals surface area contributed by atoms with E-state index in [1.54, 1.807) is 11.1 Å². The summed E-state index contributed by atoms with van der Waals surface area (Å²) in [5.74, 6) is 0. The fourth-order valence-electron chi connectivity index (χ4n) is 2.11. The van der Waals surface area contributed by atoms with E-state index in [9.17, 15) is 0 Å². The van der Waals surface area contributed by atoms with E-state index < -0.39 is 0 Å². The summed E-state index contributed by atoms with van der Waals surface area (Å²) in [5, 5.41) is 0. The Morgan fingerprint density at radius 2 is 2.00 bits per heavy atom. The van der Waals surface area contributed by atoms with Crippen LogP contribution in [0.3, 0.4) is 0 Å². The molecule has 2 rings (SSSR count). The number of allylic oxidation sites excluding steroid dienone is 3. The van der Waals surface area contributed by atoms with Crippen LogP contribution in [0.15, 0.2) is 23.4 Å². The second-order valence-electron chi connectivity index (χ2n) is 4.29. The summed E-state index contributed by atoms with van der Waals surface area (Å²) in [6.45, 7) is 4.81. The van der Waals surface area contributed by atoms with Crippen molar-refractivity contribution < 1.29 is 0 Å². The lowest BCUT2D eigenvalue weighted by molar-refractivity contribution is 0.460. The highest BCUT2D eigenvalue weighted by Gasteiger charge is 2.10. The van der Waals surface area contributed by atoms with E-state index in [0.29, 0.717) is 0 Å². The molecule has 0 atom stereocenters. The fraction of sp³-hybridized carbons (Fsp3) is 0.667. The van der Waals surface area contributed by atoms with Crippen molar-refractivity contribution in [3.63, 3.8) is 0 Å². The number of hydrogen-bond donors (Lipinski definition) is 0. The van der Waals surface area contributed by atoms with Gasteiger partial charge in [0.15, 0.2) is 0 Å². The molecule has 1 fully saturated rings. The first-order valence-corrected chi connectivity index (χ1v) is 5.44. The Morgan fingerprint density at radius 3 is 2.62 bits per heavy atom. The van der Waals surface area contributed by atoms with E-state index in [1.165, 1.54) is 45.2 Å². The van der Waals surface area contributed by atoms with Crippen molar-refractivity contribution in [3.8, 4) is 0 Å². The third kappa shape index (κ3) is 2.36. The van der Waals surface area contributed by atoms with Crippen molar-refractivity contribution in [2.45, 2.75) is 39.0 Å². The Hall–Kier alpha value is -0.720. The largest absolute Gasteiger partial charge is 0.377 e. The van der Waals surface area contributed by atoms with Crippen molar-refractivity contribution in [2.75, 3.05) is 13.1 Å². The van der Waals surface area contributed by atoms with Gasteiger partial charge in [-0.15, -0.1) is 0 Å². The Kier molecular flexibility index (Phi) is 2.72. The minimum Gasteiger partial charge on any atom is -0.377 e. The molecule has 0 spiro atoms. The van der Waals surface area contributed by atoms with Crippen molar-refractivity contribution in [2.24, 2.45) is 0 Å². The zero-order valence-electron chi connectivity index (χ0n) is 8.55. The molecular weight excluding hydrogens is 158 g/mol. The summed E-state index contributed by atoms with van der Waals surface area (Å²) >= 11 is 0. The smallest absolute Gasteiger partial charge is 0.0173 e. The van der Waals surface area contributed by atoms with Gasteiger partial charge in [0.05, 0.1) is 0 Å². The molecule has 0 saturated carbocycles. The third-order valence-corrected chi connectivity index (χ3v) is 3.06. The minimum absolute atomic E-state index is 1.20. The minimum atomic E-state index is 1.20. The van der Waals surface area contributed by atoms with Crippen LogP contribution in [0.2, 0.25) is 0 Å². The highest BCUT2D eigenvalue weighted by molar-refractivity contribution is 5.17. The van der Waals surface area contributed by atoms with Crippen LogP contribution >= 0.6 is 0 Å². The highest BCUT2D eigenvalue weighted by atomic mass is 15.1. The number of hydrogen-bond acceptors (Lipinski definition) is 1. The van der Waals surface area contributed by atoms with E-state index in [0.717, 1.165) is 0 Å². The van der Waals surface area contributed by atoms with Gasteiger partial charge >= 0.3 is 0 Å². The van der Waals surface area contributed by atoms with Crippen LogP contribution in [0.4, 0.5) is 0 Å². The quantitative estimate of drug-likeness (QED) is 0.556. The predicted molar refractivity (Wildman–Crippen MR) is 56.5 cm³/mol. The van der Waals surface area contributed by atoms with Gasteiger partial charge in [-0.1, -0.05) is 17.2 Å². The summed E-state index contributed by atoms with van der Waals surface area (Å²) in [4.78, 5) is 2.49. The Morgan fingerprint density at radius 1 is 1.23 bits per heavy atom. The van der Waals surface area contributed by atoms with E-state index >= 15 is 0 Å². The molecule has 1 heterocycles. The maximum Gasteiger partial charge on any atom is 0.0173 e. The molecule has 0 aromatic heterocycles. The summed E-state index contributed by atoms with van der Waals surface area (Å²) in [6, 6.07) is 0. The molecule has 0 amide bonds. The first-order chi connectivity index (χ1) is 6.34. The van der Waals surface area contributed by atoms with Crippen molar-refractivity contribution in [1.82, 2.24) is 4.90 Å². The van der Waals surface area contributed by atoms with Gasteiger partial charge in [0.25, 0.3) is 0 Å². The van der Waals surface area contributed by atoms with Gasteiger partial charge < -0.3 is 4.90 Å². The molecule has 13 heavy (non-hydrogen) atoms. The van der Waals surface area contributed by atoms with Crippen molar-refractivity contribution in [1.29, 1.82) is 0 Å². The van der Waals surface area contributed by atoms with Gasteiger partial charge in [0, 0.05) is 13.1 Å². The average Bonchev–Trinajstić information content (AvgIpc) is 2.62. The summed E-state index contributed by atoms with van der Waals surface area (Å²) in [5.41, 5.74) is 3.20. The van der Waals surface area contributed by atoms with Crippen LogP contribution in [-0.2, 0) is 0 Å². The lowest BCUT2D eigenvalue weighted by atomic mass is 9.96.